The van der Waals surface area contributed by atoms with Crippen LogP contribution in [0.4, 0.5) is 27.6 Å². The summed E-state index contributed by atoms with van der Waals surface area (Å²) in [5, 5.41) is 13.7. The Hall–Kier alpha value is -3.87. The summed E-state index contributed by atoms with van der Waals surface area (Å²) in [5.41, 5.74) is -0.290. The molecule has 0 saturated carbocycles. The number of rotatable bonds is 13. The lowest BCUT2D eigenvalue weighted by atomic mass is 9.97. The molecule has 0 aliphatic heterocycles. The van der Waals surface area contributed by atoms with E-state index in [1.165, 1.54) is 18.2 Å². The van der Waals surface area contributed by atoms with Crippen LogP contribution in [0.1, 0.15) is 26.7 Å². The van der Waals surface area contributed by atoms with Crippen LogP contribution in [0.25, 0.3) is 0 Å². The molecule has 0 heterocycles. The summed E-state index contributed by atoms with van der Waals surface area (Å²) in [6.07, 6.45) is -1.01. The average molecular weight is 530 g/mol. The first-order valence-corrected chi connectivity index (χ1v) is 10.9. The molecule has 2 aromatic carbocycles. The van der Waals surface area contributed by atoms with E-state index in [9.17, 15) is 46.2 Å². The van der Waals surface area contributed by atoms with Gasteiger partial charge in [-0.15, -0.1) is 0 Å². The maximum atomic E-state index is 13.8. The molecule has 37 heavy (non-hydrogen) atoms. The predicted molar refractivity (Wildman–Crippen MR) is 119 cm³/mol. The zero-order valence-electron chi connectivity index (χ0n) is 19.6. The lowest BCUT2D eigenvalue weighted by Gasteiger charge is -2.24. The first-order chi connectivity index (χ1) is 17.3. The number of aliphatic carboxylic acids is 1. The van der Waals surface area contributed by atoms with E-state index in [0.717, 1.165) is 6.07 Å². The van der Waals surface area contributed by atoms with Gasteiger partial charge >= 0.3 is 5.97 Å². The molecular weight excluding hydrogens is 507 g/mol. The molecule has 0 aromatic heterocycles. The Bertz CT molecular complexity index is 1160. The van der Waals surface area contributed by atoms with Crippen molar-refractivity contribution >= 4 is 29.1 Å². The fraction of sp³-hybridized carbons (Fsp3) is 0.333. The molecule has 0 radical (unpaired) electrons. The number of halogens is 5. The van der Waals surface area contributed by atoms with Crippen molar-refractivity contribution in [3.8, 4) is 5.75 Å². The predicted octanol–water partition coefficient (Wildman–Crippen LogP) is 3.39. The summed E-state index contributed by atoms with van der Waals surface area (Å²) in [6, 6.07) is 1.80. The molecule has 2 unspecified atom stereocenters. The lowest BCUT2D eigenvalue weighted by molar-refractivity contribution is -0.141. The van der Waals surface area contributed by atoms with Crippen LogP contribution in [0.5, 0.6) is 5.75 Å². The second-order valence-electron chi connectivity index (χ2n) is 8.35. The minimum absolute atomic E-state index is 0.0633. The molecular formula is C24H23F5N2O6. The SMILES string of the molecule is CC(C)CC(NC(CC(=O)O)C(=O)COc1c(F)c(F)cc(F)c1F)C(=O)C(=O)Nc1ccccc1F. The van der Waals surface area contributed by atoms with Gasteiger partial charge in [0.05, 0.1) is 24.2 Å². The summed E-state index contributed by atoms with van der Waals surface area (Å²) in [6.45, 7) is 2.10. The molecule has 0 spiro atoms. The zero-order chi connectivity index (χ0) is 27.9. The largest absolute Gasteiger partial charge is 0.481 e. The molecule has 2 atom stereocenters. The summed E-state index contributed by atoms with van der Waals surface area (Å²) in [4.78, 5) is 49.2. The normalized spacial score (nSPS) is 12.6. The minimum Gasteiger partial charge on any atom is -0.481 e. The number of Topliss-reactive ketones (excluding diaryl/α,β-unsaturated/α-hetero) is 2. The molecule has 8 nitrogen and oxygen atoms in total. The monoisotopic (exact) mass is 530 g/mol. The Balaban J connectivity index is 2.23. The van der Waals surface area contributed by atoms with Crippen molar-refractivity contribution in [2.24, 2.45) is 5.92 Å². The summed E-state index contributed by atoms with van der Waals surface area (Å²) >= 11 is 0. The quantitative estimate of drug-likeness (QED) is 0.206. The second kappa shape index (κ2) is 12.9. The van der Waals surface area contributed by atoms with Gasteiger partial charge in [-0.05, 0) is 24.5 Å². The van der Waals surface area contributed by atoms with E-state index in [2.05, 4.69) is 15.4 Å². The number of benzene rings is 2. The van der Waals surface area contributed by atoms with Crippen molar-refractivity contribution in [3.63, 3.8) is 0 Å². The molecule has 0 aliphatic carbocycles. The molecule has 0 fully saturated rings. The Labute approximate surface area is 207 Å². The molecule has 2 aromatic rings. The fourth-order valence-electron chi connectivity index (χ4n) is 3.23. The number of carbonyl (C=O) groups is 4. The molecule has 13 heteroatoms. The highest BCUT2D eigenvalue weighted by molar-refractivity contribution is 6.42. The lowest BCUT2D eigenvalue weighted by Crippen LogP contribution is -2.52. The third-order valence-corrected chi connectivity index (χ3v) is 4.97. The highest BCUT2D eigenvalue weighted by atomic mass is 19.2. The van der Waals surface area contributed by atoms with Crippen molar-refractivity contribution in [3.05, 3.63) is 59.4 Å². The Morgan fingerprint density at radius 3 is 2.05 bits per heavy atom. The van der Waals surface area contributed by atoms with Crippen LogP contribution in [0.3, 0.4) is 0 Å². The minimum atomic E-state index is -1.91. The summed E-state index contributed by atoms with van der Waals surface area (Å²) in [7, 11) is 0. The standard InChI is InChI=1S/C24H23F5N2O6/c1-11(2)7-17(22(35)24(36)31-15-6-4-3-5-12(15)25)30-16(9-19(33)34)18(32)10-37-23-20(28)13(26)8-14(27)21(23)29/h3-6,8,11,16-17,30H,7,9-10H2,1-2H3,(H,31,36)(H,33,34). The number of carboxylic acids is 1. The highest BCUT2D eigenvalue weighted by Crippen LogP contribution is 2.26. The topological polar surface area (TPSA) is 122 Å². The third-order valence-electron chi connectivity index (χ3n) is 4.97. The van der Waals surface area contributed by atoms with Crippen molar-refractivity contribution in [2.75, 3.05) is 11.9 Å². The van der Waals surface area contributed by atoms with E-state index in [0.29, 0.717) is 0 Å². The molecule has 0 bridgehead atoms. The van der Waals surface area contributed by atoms with Gasteiger partial charge in [-0.1, -0.05) is 26.0 Å². The number of carboxylic acid groups (broad SMARTS) is 1. The van der Waals surface area contributed by atoms with Gasteiger partial charge in [0.2, 0.25) is 17.4 Å². The van der Waals surface area contributed by atoms with Gasteiger partial charge in [0, 0.05) is 6.07 Å². The van der Waals surface area contributed by atoms with Crippen LogP contribution >= 0.6 is 0 Å². The average Bonchev–Trinajstić information content (AvgIpc) is 2.82. The molecule has 0 saturated heterocycles. The van der Waals surface area contributed by atoms with E-state index >= 15 is 0 Å². The summed E-state index contributed by atoms with van der Waals surface area (Å²) in [5.74, 6) is -15.1. The van der Waals surface area contributed by atoms with Gasteiger partial charge in [-0.25, -0.2) is 13.2 Å². The van der Waals surface area contributed by atoms with Crippen molar-refractivity contribution < 1.29 is 51.0 Å². The number of para-hydroxylation sites is 1. The van der Waals surface area contributed by atoms with Crippen LogP contribution in [-0.2, 0) is 19.2 Å². The van der Waals surface area contributed by atoms with Crippen molar-refractivity contribution in [2.45, 2.75) is 38.8 Å². The number of amides is 1. The Kier molecular flexibility index (Phi) is 10.2. The highest BCUT2D eigenvalue weighted by Gasteiger charge is 2.33. The summed E-state index contributed by atoms with van der Waals surface area (Å²) < 4.78 is 72.8. The van der Waals surface area contributed by atoms with Crippen molar-refractivity contribution in [1.82, 2.24) is 5.32 Å². The Morgan fingerprint density at radius 2 is 1.51 bits per heavy atom. The van der Waals surface area contributed by atoms with Crippen LogP contribution < -0.4 is 15.4 Å². The van der Waals surface area contributed by atoms with Gasteiger partial charge in [-0.2, -0.15) is 8.78 Å². The number of nitrogens with one attached hydrogen (secondary N) is 2. The van der Waals surface area contributed by atoms with Crippen LogP contribution in [-0.4, -0.2) is 47.2 Å². The van der Waals surface area contributed by atoms with Gasteiger partial charge in [-0.3, -0.25) is 24.5 Å². The molecule has 1 amide bonds. The van der Waals surface area contributed by atoms with Gasteiger partial charge in [0.1, 0.15) is 12.4 Å². The van der Waals surface area contributed by atoms with E-state index in [4.69, 9.17) is 0 Å². The number of carbonyl (C=O) groups excluding carboxylic acids is 3. The van der Waals surface area contributed by atoms with Crippen molar-refractivity contribution in [1.29, 1.82) is 0 Å². The van der Waals surface area contributed by atoms with Crippen LogP contribution in [0, 0.1) is 35.0 Å². The number of anilines is 1. The van der Waals surface area contributed by atoms with E-state index < -0.39 is 83.4 Å². The van der Waals surface area contributed by atoms with Gasteiger partial charge < -0.3 is 15.2 Å². The maximum absolute atomic E-state index is 13.8. The first-order valence-electron chi connectivity index (χ1n) is 10.9. The zero-order valence-corrected chi connectivity index (χ0v) is 19.6. The van der Waals surface area contributed by atoms with E-state index in [1.807, 2.05) is 0 Å². The molecule has 200 valence electrons. The maximum Gasteiger partial charge on any atom is 0.305 e. The van der Waals surface area contributed by atoms with Crippen LogP contribution in [0.2, 0.25) is 0 Å². The van der Waals surface area contributed by atoms with Gasteiger partial charge in [0.25, 0.3) is 5.91 Å². The number of ketones is 2. The number of ether oxygens (including phenoxy) is 1. The molecule has 3 N–H and O–H groups in total. The molecule has 0 aliphatic rings. The Morgan fingerprint density at radius 1 is 0.919 bits per heavy atom. The smallest absolute Gasteiger partial charge is 0.305 e. The van der Waals surface area contributed by atoms with Gasteiger partial charge in [0.15, 0.2) is 23.2 Å². The van der Waals surface area contributed by atoms with Crippen LogP contribution in [0.15, 0.2) is 30.3 Å². The van der Waals surface area contributed by atoms with E-state index in [-0.39, 0.29) is 24.1 Å². The van der Waals surface area contributed by atoms with E-state index in [1.54, 1.807) is 13.8 Å². The second-order valence-corrected chi connectivity index (χ2v) is 8.35. The number of hydrogen-bond acceptors (Lipinski definition) is 6. The third kappa shape index (κ3) is 8.07. The fourth-order valence-corrected chi connectivity index (χ4v) is 3.23. The number of hydrogen-bond donors (Lipinski definition) is 3. The first kappa shape index (κ1) is 29.4. The molecule has 2 rings (SSSR count).